The first-order valence-electron chi connectivity index (χ1n) is 6.64. The maximum Gasteiger partial charge on any atom is 0.323 e. The van der Waals surface area contributed by atoms with Crippen LogP contribution in [0.2, 0.25) is 0 Å². The fourth-order valence-corrected chi connectivity index (χ4v) is 3.11. The van der Waals surface area contributed by atoms with Gasteiger partial charge in [0.2, 0.25) is 0 Å². The molecule has 0 spiro atoms. The van der Waals surface area contributed by atoms with Crippen LogP contribution in [0.4, 0.5) is 0 Å². The Balaban J connectivity index is 1.61. The molecule has 3 rings (SSSR count). The fourth-order valence-electron chi connectivity index (χ4n) is 3.11. The molecule has 2 aliphatic rings. The summed E-state index contributed by atoms with van der Waals surface area (Å²) in [5, 5.41) is 4.23. The van der Waals surface area contributed by atoms with Crippen molar-refractivity contribution in [1.29, 1.82) is 0 Å². The van der Waals surface area contributed by atoms with Crippen LogP contribution in [-0.4, -0.2) is 46.4 Å². The Labute approximate surface area is 107 Å². The molecule has 0 aromatic carbocycles. The summed E-state index contributed by atoms with van der Waals surface area (Å²) in [7, 11) is 2.00. The number of piperidine rings is 1. The molecule has 1 atom stereocenters. The van der Waals surface area contributed by atoms with Gasteiger partial charge in [0.25, 0.3) is 0 Å². The zero-order valence-corrected chi connectivity index (χ0v) is 10.7. The summed E-state index contributed by atoms with van der Waals surface area (Å²) in [5.41, 5.74) is 1.31. The minimum atomic E-state index is -0.0333. The second-order valence-electron chi connectivity index (χ2n) is 5.16. The van der Waals surface area contributed by atoms with Gasteiger partial charge in [-0.2, -0.15) is 5.10 Å². The molecular weight excluding hydrogens is 230 g/mol. The molecule has 0 radical (unpaired) electrons. The number of aromatic nitrogens is 2. The summed E-state index contributed by atoms with van der Waals surface area (Å²) < 4.78 is 7.00. The lowest BCUT2D eigenvalue weighted by molar-refractivity contribution is -0.142. The van der Waals surface area contributed by atoms with Gasteiger partial charge in [0.05, 0.1) is 6.61 Å². The van der Waals surface area contributed by atoms with E-state index in [2.05, 4.69) is 16.1 Å². The van der Waals surface area contributed by atoms with Gasteiger partial charge in [-0.25, -0.2) is 0 Å². The largest absolute Gasteiger partial charge is 0.464 e. The van der Waals surface area contributed by atoms with Crippen molar-refractivity contribution in [2.75, 3.05) is 19.7 Å². The van der Waals surface area contributed by atoms with Crippen LogP contribution in [0.5, 0.6) is 0 Å². The monoisotopic (exact) mass is 249 g/mol. The highest BCUT2D eigenvalue weighted by atomic mass is 16.5. The lowest BCUT2D eigenvalue weighted by atomic mass is 9.92. The predicted molar refractivity (Wildman–Crippen MR) is 66.1 cm³/mol. The van der Waals surface area contributed by atoms with Crippen molar-refractivity contribution in [3.8, 4) is 0 Å². The number of hydrogen-bond donors (Lipinski definition) is 0. The summed E-state index contributed by atoms with van der Waals surface area (Å²) in [6.07, 6.45) is 4.91. The van der Waals surface area contributed by atoms with Gasteiger partial charge in [0, 0.05) is 31.3 Å². The first kappa shape index (κ1) is 11.7. The van der Waals surface area contributed by atoms with E-state index in [4.69, 9.17) is 4.74 Å². The molecule has 5 heteroatoms. The molecule has 98 valence electrons. The lowest BCUT2D eigenvalue weighted by Crippen LogP contribution is -2.43. The van der Waals surface area contributed by atoms with Crippen molar-refractivity contribution in [1.82, 2.24) is 14.7 Å². The van der Waals surface area contributed by atoms with Crippen molar-refractivity contribution in [2.24, 2.45) is 7.05 Å². The van der Waals surface area contributed by atoms with E-state index in [1.807, 2.05) is 17.9 Å². The molecule has 1 aromatic heterocycles. The minimum Gasteiger partial charge on any atom is -0.464 e. The van der Waals surface area contributed by atoms with Crippen molar-refractivity contribution in [3.05, 3.63) is 18.0 Å². The first-order chi connectivity index (χ1) is 8.75. The van der Waals surface area contributed by atoms with Crippen LogP contribution in [0, 0.1) is 0 Å². The standard InChI is InChI=1S/C13H19N3O2/c1-15-11(2-6-14-15)10-3-7-16(8-4-10)12-5-9-18-13(12)17/h2,6,10,12H,3-5,7-9H2,1H3. The van der Waals surface area contributed by atoms with E-state index < -0.39 is 0 Å². The van der Waals surface area contributed by atoms with Gasteiger partial charge < -0.3 is 4.74 Å². The minimum absolute atomic E-state index is 0.0116. The average Bonchev–Trinajstić information content (AvgIpc) is 2.98. The smallest absolute Gasteiger partial charge is 0.323 e. The third kappa shape index (κ3) is 2.03. The van der Waals surface area contributed by atoms with Crippen LogP contribution in [0.1, 0.15) is 30.9 Å². The van der Waals surface area contributed by atoms with Crippen LogP contribution in [-0.2, 0) is 16.6 Å². The topological polar surface area (TPSA) is 47.4 Å². The molecule has 0 N–H and O–H groups in total. The Bertz CT molecular complexity index is 435. The number of ether oxygens (including phenoxy) is 1. The number of aryl methyl sites for hydroxylation is 1. The number of rotatable bonds is 2. The van der Waals surface area contributed by atoms with E-state index in [0.29, 0.717) is 12.5 Å². The summed E-state index contributed by atoms with van der Waals surface area (Å²) in [6, 6.07) is 2.11. The van der Waals surface area contributed by atoms with Gasteiger partial charge in [-0.15, -0.1) is 0 Å². The number of cyclic esters (lactones) is 1. The summed E-state index contributed by atoms with van der Waals surface area (Å²) in [5.74, 6) is 0.542. The molecule has 1 unspecified atom stereocenters. The van der Waals surface area contributed by atoms with Crippen LogP contribution >= 0.6 is 0 Å². The second kappa shape index (κ2) is 4.72. The predicted octanol–water partition coefficient (Wildman–Crippen LogP) is 0.915. The second-order valence-corrected chi connectivity index (χ2v) is 5.16. The SMILES string of the molecule is Cn1nccc1C1CCN(C2CCOC2=O)CC1. The summed E-state index contributed by atoms with van der Waals surface area (Å²) >= 11 is 0. The molecular formula is C13H19N3O2. The summed E-state index contributed by atoms with van der Waals surface area (Å²) in [4.78, 5) is 13.8. The van der Waals surface area contributed by atoms with E-state index in [1.54, 1.807) is 0 Å². The van der Waals surface area contributed by atoms with Gasteiger partial charge in [-0.05, 0) is 32.0 Å². The first-order valence-corrected chi connectivity index (χ1v) is 6.64. The Hall–Kier alpha value is -1.36. The Morgan fingerprint density at radius 3 is 2.67 bits per heavy atom. The maximum absolute atomic E-state index is 11.6. The molecule has 0 aliphatic carbocycles. The fraction of sp³-hybridized carbons (Fsp3) is 0.692. The molecule has 0 amide bonds. The van der Waals surface area contributed by atoms with Crippen LogP contribution in [0.25, 0.3) is 0 Å². The van der Waals surface area contributed by atoms with Crippen LogP contribution in [0.3, 0.4) is 0 Å². The molecule has 3 heterocycles. The van der Waals surface area contributed by atoms with Crippen molar-refractivity contribution in [3.63, 3.8) is 0 Å². The lowest BCUT2D eigenvalue weighted by Gasteiger charge is -2.34. The highest BCUT2D eigenvalue weighted by molar-refractivity contribution is 5.77. The molecule has 2 aliphatic heterocycles. The number of hydrogen-bond acceptors (Lipinski definition) is 4. The van der Waals surface area contributed by atoms with Crippen LogP contribution < -0.4 is 0 Å². The average molecular weight is 249 g/mol. The number of esters is 1. The Morgan fingerprint density at radius 1 is 1.33 bits per heavy atom. The quantitative estimate of drug-likeness (QED) is 0.731. The number of likely N-dealkylation sites (tertiary alicyclic amines) is 1. The van der Waals surface area contributed by atoms with Gasteiger partial charge >= 0.3 is 5.97 Å². The zero-order valence-electron chi connectivity index (χ0n) is 10.7. The molecule has 2 saturated heterocycles. The highest BCUT2D eigenvalue weighted by Gasteiger charge is 2.34. The van der Waals surface area contributed by atoms with E-state index in [0.717, 1.165) is 32.4 Å². The highest BCUT2D eigenvalue weighted by Crippen LogP contribution is 2.29. The van der Waals surface area contributed by atoms with Crippen LogP contribution in [0.15, 0.2) is 12.3 Å². The third-order valence-corrected chi connectivity index (χ3v) is 4.16. The van der Waals surface area contributed by atoms with E-state index in [1.165, 1.54) is 5.69 Å². The van der Waals surface area contributed by atoms with E-state index in [-0.39, 0.29) is 12.0 Å². The number of carbonyl (C=O) groups excluding carboxylic acids is 1. The maximum atomic E-state index is 11.6. The van der Waals surface area contributed by atoms with Crippen molar-refractivity contribution < 1.29 is 9.53 Å². The van der Waals surface area contributed by atoms with Gasteiger partial charge in [0.15, 0.2) is 0 Å². The molecule has 18 heavy (non-hydrogen) atoms. The summed E-state index contributed by atoms with van der Waals surface area (Å²) in [6.45, 7) is 2.55. The van der Waals surface area contributed by atoms with E-state index >= 15 is 0 Å². The van der Waals surface area contributed by atoms with E-state index in [9.17, 15) is 4.79 Å². The van der Waals surface area contributed by atoms with Crippen molar-refractivity contribution in [2.45, 2.75) is 31.2 Å². The zero-order chi connectivity index (χ0) is 12.5. The normalized spacial score (nSPS) is 26.5. The van der Waals surface area contributed by atoms with Gasteiger partial charge in [-0.3, -0.25) is 14.4 Å². The molecule has 5 nitrogen and oxygen atoms in total. The van der Waals surface area contributed by atoms with Gasteiger partial charge in [-0.1, -0.05) is 0 Å². The van der Waals surface area contributed by atoms with Gasteiger partial charge in [0.1, 0.15) is 6.04 Å². The molecule has 1 aromatic rings. The molecule has 0 saturated carbocycles. The Morgan fingerprint density at radius 2 is 2.11 bits per heavy atom. The number of nitrogens with zero attached hydrogens (tertiary/aromatic N) is 3. The number of carbonyl (C=O) groups is 1. The molecule has 2 fully saturated rings. The Kier molecular flexibility index (Phi) is 3.07. The molecule has 0 bridgehead atoms. The van der Waals surface area contributed by atoms with Crippen molar-refractivity contribution >= 4 is 5.97 Å². The third-order valence-electron chi connectivity index (χ3n) is 4.16.